The average molecular weight is 173 g/mol. The van der Waals surface area contributed by atoms with Crippen LogP contribution >= 0.6 is 0 Å². The third-order valence-corrected chi connectivity index (χ3v) is 2.24. The Labute approximate surface area is 79.0 Å². The van der Waals surface area contributed by atoms with Crippen LogP contribution < -0.4 is 4.74 Å². The van der Waals surface area contributed by atoms with E-state index in [9.17, 15) is 0 Å². The fraction of sp³-hybridized carbons (Fsp3) is 0.250. The van der Waals surface area contributed by atoms with Crippen molar-refractivity contribution in [2.75, 3.05) is 0 Å². The number of hydrogen-bond donors (Lipinski definition) is 0. The zero-order chi connectivity index (χ0) is 9.10. The van der Waals surface area contributed by atoms with Crippen molar-refractivity contribution < 1.29 is 4.74 Å². The Bertz CT molecular complexity index is 326. The van der Waals surface area contributed by atoms with E-state index in [1.54, 1.807) is 0 Å². The van der Waals surface area contributed by atoms with Crippen LogP contribution in [0.1, 0.15) is 18.4 Å². The van der Waals surface area contributed by atoms with Gasteiger partial charge in [-0.2, -0.15) is 0 Å². The van der Waals surface area contributed by atoms with Gasteiger partial charge in [-0.05, 0) is 30.0 Å². The lowest BCUT2D eigenvalue weighted by Crippen LogP contribution is -2.02. The Morgan fingerprint density at radius 2 is 2.15 bits per heavy atom. The number of rotatable bonds is 2. The molecule has 1 aliphatic heterocycles. The molecule has 1 aliphatic rings. The molecule has 0 atom stereocenters. The summed E-state index contributed by atoms with van der Waals surface area (Å²) in [6.45, 7) is 3.84. The van der Waals surface area contributed by atoms with Gasteiger partial charge in [0.25, 0.3) is 0 Å². The summed E-state index contributed by atoms with van der Waals surface area (Å²) in [4.78, 5) is 0. The lowest BCUT2D eigenvalue weighted by Gasteiger charge is -2.16. The highest BCUT2D eigenvalue weighted by molar-refractivity contribution is 5.39. The minimum absolute atomic E-state index is 0.942. The van der Waals surface area contributed by atoms with Gasteiger partial charge in [0.05, 0.1) is 6.26 Å². The number of fused-ring (bicyclic) bond motifs is 1. The van der Waals surface area contributed by atoms with Crippen molar-refractivity contribution in [1.82, 2.24) is 0 Å². The SMILES string of the molecule is [CH2]CCC1=COc2ccccc2C1. The molecule has 1 heteroatoms. The molecule has 0 saturated carbocycles. The Balaban J connectivity index is 2.18. The third-order valence-electron chi connectivity index (χ3n) is 2.24. The molecule has 0 aliphatic carbocycles. The lowest BCUT2D eigenvalue weighted by molar-refractivity contribution is 0.453. The number of para-hydroxylation sites is 1. The minimum Gasteiger partial charge on any atom is -0.465 e. The fourth-order valence-corrected chi connectivity index (χ4v) is 1.57. The quantitative estimate of drug-likeness (QED) is 0.667. The summed E-state index contributed by atoms with van der Waals surface area (Å²) in [5, 5.41) is 0. The maximum Gasteiger partial charge on any atom is 0.130 e. The van der Waals surface area contributed by atoms with Crippen molar-refractivity contribution in [3.05, 3.63) is 48.6 Å². The maximum atomic E-state index is 5.50. The van der Waals surface area contributed by atoms with Crippen molar-refractivity contribution in [3.63, 3.8) is 0 Å². The number of benzene rings is 1. The largest absolute Gasteiger partial charge is 0.465 e. The van der Waals surface area contributed by atoms with Crippen molar-refractivity contribution in [3.8, 4) is 5.75 Å². The molecular weight excluding hydrogens is 160 g/mol. The van der Waals surface area contributed by atoms with Crippen LogP contribution in [0.3, 0.4) is 0 Å². The number of hydrogen-bond acceptors (Lipinski definition) is 1. The van der Waals surface area contributed by atoms with E-state index in [-0.39, 0.29) is 0 Å². The van der Waals surface area contributed by atoms with E-state index >= 15 is 0 Å². The molecule has 2 rings (SSSR count). The number of allylic oxidation sites excluding steroid dienone is 1. The van der Waals surface area contributed by atoms with Crippen molar-refractivity contribution in [2.45, 2.75) is 19.3 Å². The standard InChI is InChI=1S/C12H13O/c1-2-5-10-8-11-6-3-4-7-12(11)13-9-10/h3-4,6-7,9H,1-2,5,8H2. The van der Waals surface area contributed by atoms with Crippen LogP contribution in [0, 0.1) is 6.92 Å². The van der Waals surface area contributed by atoms with Gasteiger partial charge in [-0.3, -0.25) is 0 Å². The van der Waals surface area contributed by atoms with Gasteiger partial charge in [-0.25, -0.2) is 0 Å². The molecule has 67 valence electrons. The second-order valence-corrected chi connectivity index (χ2v) is 3.28. The molecule has 0 unspecified atom stereocenters. The van der Waals surface area contributed by atoms with Gasteiger partial charge < -0.3 is 4.74 Å². The first-order valence-corrected chi connectivity index (χ1v) is 4.62. The zero-order valence-corrected chi connectivity index (χ0v) is 7.62. The van der Waals surface area contributed by atoms with E-state index in [0.717, 1.165) is 25.0 Å². The second-order valence-electron chi connectivity index (χ2n) is 3.28. The highest BCUT2D eigenvalue weighted by Gasteiger charge is 2.10. The fourth-order valence-electron chi connectivity index (χ4n) is 1.57. The summed E-state index contributed by atoms with van der Waals surface area (Å²) in [5.41, 5.74) is 2.63. The topological polar surface area (TPSA) is 9.23 Å². The molecule has 13 heavy (non-hydrogen) atoms. The monoisotopic (exact) mass is 173 g/mol. The van der Waals surface area contributed by atoms with Crippen LogP contribution in [0.25, 0.3) is 0 Å². The van der Waals surface area contributed by atoms with Gasteiger partial charge in [-0.15, -0.1) is 0 Å². The Hall–Kier alpha value is -1.24. The van der Waals surface area contributed by atoms with Gasteiger partial charge in [0.2, 0.25) is 0 Å². The smallest absolute Gasteiger partial charge is 0.130 e. The molecule has 0 amide bonds. The van der Waals surface area contributed by atoms with Gasteiger partial charge in [0.15, 0.2) is 0 Å². The first-order valence-electron chi connectivity index (χ1n) is 4.62. The first kappa shape index (κ1) is 8.36. The lowest BCUT2D eigenvalue weighted by atomic mass is 10.0. The Morgan fingerprint density at radius 3 is 3.00 bits per heavy atom. The summed E-state index contributed by atoms with van der Waals surface area (Å²) >= 11 is 0. The third kappa shape index (κ3) is 1.74. The molecule has 1 heterocycles. The van der Waals surface area contributed by atoms with Gasteiger partial charge in [0.1, 0.15) is 5.75 Å². The van der Waals surface area contributed by atoms with E-state index in [1.807, 2.05) is 18.4 Å². The highest BCUT2D eigenvalue weighted by atomic mass is 16.5. The maximum absolute atomic E-state index is 5.50. The van der Waals surface area contributed by atoms with Crippen molar-refractivity contribution in [1.29, 1.82) is 0 Å². The molecule has 0 fully saturated rings. The van der Waals surface area contributed by atoms with Crippen LogP contribution in [0.15, 0.2) is 36.1 Å². The van der Waals surface area contributed by atoms with Crippen LogP contribution in [-0.2, 0) is 6.42 Å². The van der Waals surface area contributed by atoms with Gasteiger partial charge in [-0.1, -0.05) is 25.1 Å². The Kier molecular flexibility index (Phi) is 2.35. The van der Waals surface area contributed by atoms with E-state index in [1.165, 1.54) is 11.1 Å². The van der Waals surface area contributed by atoms with E-state index in [0.29, 0.717) is 0 Å². The van der Waals surface area contributed by atoms with Crippen LogP contribution in [0.4, 0.5) is 0 Å². The first-order chi connectivity index (χ1) is 6.40. The van der Waals surface area contributed by atoms with Crippen LogP contribution in [-0.4, -0.2) is 0 Å². The highest BCUT2D eigenvalue weighted by Crippen LogP contribution is 2.27. The summed E-state index contributed by atoms with van der Waals surface area (Å²) < 4.78 is 5.50. The molecule has 1 aromatic rings. The summed E-state index contributed by atoms with van der Waals surface area (Å²) in [5.74, 6) is 0.996. The normalized spacial score (nSPS) is 14.4. The van der Waals surface area contributed by atoms with Gasteiger partial charge >= 0.3 is 0 Å². The molecular formula is C12H13O. The number of ether oxygens (including phenoxy) is 1. The molecule has 1 radical (unpaired) electrons. The zero-order valence-electron chi connectivity index (χ0n) is 7.62. The molecule has 0 N–H and O–H groups in total. The van der Waals surface area contributed by atoms with E-state index in [4.69, 9.17) is 4.74 Å². The predicted molar refractivity (Wildman–Crippen MR) is 53.4 cm³/mol. The molecule has 0 saturated heterocycles. The summed E-state index contributed by atoms with van der Waals surface area (Å²) in [6.07, 6.45) is 4.87. The molecule has 0 spiro atoms. The van der Waals surface area contributed by atoms with Crippen LogP contribution in [0.5, 0.6) is 5.75 Å². The summed E-state index contributed by atoms with van der Waals surface area (Å²) in [7, 11) is 0. The molecule has 0 bridgehead atoms. The second kappa shape index (κ2) is 3.65. The molecule has 1 nitrogen and oxygen atoms in total. The van der Waals surface area contributed by atoms with E-state index in [2.05, 4.69) is 19.1 Å². The predicted octanol–water partition coefficient (Wildman–Crippen LogP) is 3.12. The van der Waals surface area contributed by atoms with Crippen molar-refractivity contribution in [2.24, 2.45) is 0 Å². The van der Waals surface area contributed by atoms with E-state index < -0.39 is 0 Å². The average Bonchev–Trinajstić information content (AvgIpc) is 2.18. The minimum atomic E-state index is 0.942. The summed E-state index contributed by atoms with van der Waals surface area (Å²) in [6, 6.07) is 8.17. The molecule has 1 aromatic carbocycles. The Morgan fingerprint density at radius 1 is 1.31 bits per heavy atom. The van der Waals surface area contributed by atoms with Gasteiger partial charge in [0, 0.05) is 6.42 Å². The van der Waals surface area contributed by atoms with Crippen LogP contribution in [0.2, 0.25) is 0 Å². The molecule has 0 aromatic heterocycles. The van der Waals surface area contributed by atoms with Crippen molar-refractivity contribution >= 4 is 0 Å².